The second-order valence-electron chi connectivity index (χ2n) is 5.74. The Morgan fingerprint density at radius 3 is 2.78 bits per heavy atom. The van der Waals surface area contributed by atoms with Crippen molar-refractivity contribution in [2.75, 3.05) is 24.5 Å². The molecule has 1 saturated heterocycles. The van der Waals surface area contributed by atoms with Crippen molar-refractivity contribution in [3.8, 4) is 0 Å². The average molecular weight is 248 g/mol. The molecule has 3 heteroatoms. The van der Waals surface area contributed by atoms with Crippen LogP contribution >= 0.6 is 0 Å². The van der Waals surface area contributed by atoms with E-state index in [0.717, 1.165) is 30.9 Å². The smallest absolute Gasteiger partial charge is 0.146 e. The van der Waals surface area contributed by atoms with Crippen LogP contribution in [0.3, 0.4) is 0 Å². The van der Waals surface area contributed by atoms with Crippen LogP contribution in [0.25, 0.3) is 0 Å². The van der Waals surface area contributed by atoms with Crippen molar-refractivity contribution in [3.63, 3.8) is 0 Å². The van der Waals surface area contributed by atoms with Crippen LogP contribution in [0.4, 0.5) is 10.1 Å². The monoisotopic (exact) mass is 248 g/mol. The van der Waals surface area contributed by atoms with E-state index in [9.17, 15) is 4.39 Å². The number of nitrogens with zero attached hydrogens (tertiary/aromatic N) is 1. The van der Waals surface area contributed by atoms with Crippen LogP contribution in [0.5, 0.6) is 0 Å². The number of anilines is 1. The van der Waals surface area contributed by atoms with Gasteiger partial charge in [0.15, 0.2) is 0 Å². The molecular weight excluding hydrogens is 227 g/mol. The topological polar surface area (TPSA) is 15.3 Å². The van der Waals surface area contributed by atoms with E-state index in [1.807, 2.05) is 13.0 Å². The van der Waals surface area contributed by atoms with Crippen LogP contribution < -0.4 is 10.2 Å². The van der Waals surface area contributed by atoms with Crippen LogP contribution in [-0.2, 0) is 0 Å². The molecule has 1 spiro atoms. The van der Waals surface area contributed by atoms with Gasteiger partial charge in [-0.15, -0.1) is 0 Å². The molecule has 2 aliphatic rings. The molecule has 2 nitrogen and oxygen atoms in total. The van der Waals surface area contributed by atoms with E-state index in [0.29, 0.717) is 0 Å². The molecule has 1 saturated carbocycles. The second-order valence-corrected chi connectivity index (χ2v) is 5.74. The molecule has 1 aromatic carbocycles. The van der Waals surface area contributed by atoms with E-state index >= 15 is 0 Å². The summed E-state index contributed by atoms with van der Waals surface area (Å²) in [5, 5.41) is 3.67. The molecule has 1 aromatic rings. The average Bonchev–Trinajstić information content (AvgIpc) is 2.77. The highest BCUT2D eigenvalue weighted by Gasteiger charge is 2.38. The van der Waals surface area contributed by atoms with Gasteiger partial charge in [-0.05, 0) is 31.4 Å². The van der Waals surface area contributed by atoms with E-state index in [-0.39, 0.29) is 11.4 Å². The van der Waals surface area contributed by atoms with Crippen LogP contribution in [0, 0.1) is 12.7 Å². The largest absolute Gasteiger partial charge is 0.366 e. The summed E-state index contributed by atoms with van der Waals surface area (Å²) >= 11 is 0. The molecule has 2 fully saturated rings. The van der Waals surface area contributed by atoms with Gasteiger partial charge in [-0.25, -0.2) is 4.39 Å². The first-order valence-corrected chi connectivity index (χ1v) is 6.95. The fourth-order valence-corrected chi connectivity index (χ4v) is 3.56. The molecule has 0 atom stereocenters. The lowest BCUT2D eigenvalue weighted by Gasteiger charge is -2.43. The number of hydrogen-bond donors (Lipinski definition) is 1. The second kappa shape index (κ2) is 4.54. The molecule has 0 amide bonds. The molecule has 98 valence electrons. The molecule has 0 unspecified atom stereocenters. The number of benzene rings is 1. The van der Waals surface area contributed by atoms with E-state index in [4.69, 9.17) is 0 Å². The molecule has 1 aliphatic carbocycles. The number of nitrogens with one attached hydrogen (secondary N) is 1. The Kier molecular flexibility index (Phi) is 3.02. The van der Waals surface area contributed by atoms with Crippen molar-refractivity contribution >= 4 is 5.69 Å². The van der Waals surface area contributed by atoms with E-state index < -0.39 is 0 Å². The van der Waals surface area contributed by atoms with Crippen LogP contribution in [0.15, 0.2) is 18.2 Å². The maximum Gasteiger partial charge on any atom is 0.146 e. The fourth-order valence-electron chi connectivity index (χ4n) is 3.56. The zero-order valence-electron chi connectivity index (χ0n) is 11.0. The summed E-state index contributed by atoms with van der Waals surface area (Å²) in [6, 6.07) is 5.37. The van der Waals surface area contributed by atoms with Gasteiger partial charge < -0.3 is 10.2 Å². The lowest BCUT2D eigenvalue weighted by molar-refractivity contribution is 0.302. The predicted molar refractivity (Wildman–Crippen MR) is 72.6 cm³/mol. The Morgan fingerprint density at radius 2 is 2.06 bits per heavy atom. The summed E-state index contributed by atoms with van der Waals surface area (Å²) in [7, 11) is 0. The Morgan fingerprint density at radius 1 is 1.28 bits per heavy atom. The zero-order valence-corrected chi connectivity index (χ0v) is 11.0. The molecule has 0 bridgehead atoms. The number of halogens is 1. The van der Waals surface area contributed by atoms with Crippen molar-refractivity contribution in [1.82, 2.24) is 5.32 Å². The van der Waals surface area contributed by atoms with Crippen molar-refractivity contribution in [2.45, 2.75) is 38.1 Å². The van der Waals surface area contributed by atoms with Crippen LogP contribution in [-0.4, -0.2) is 25.2 Å². The lowest BCUT2D eigenvalue weighted by atomic mass is 9.94. The maximum atomic E-state index is 14.0. The third-order valence-corrected chi connectivity index (χ3v) is 4.44. The van der Waals surface area contributed by atoms with Crippen LogP contribution in [0.1, 0.15) is 31.2 Å². The number of aryl methyl sites for hydroxylation is 1. The highest BCUT2D eigenvalue weighted by Crippen LogP contribution is 2.35. The van der Waals surface area contributed by atoms with Gasteiger partial charge in [0, 0.05) is 25.2 Å². The lowest BCUT2D eigenvalue weighted by Crippen LogP contribution is -2.59. The SMILES string of the molecule is Cc1cccc(F)c1N1CCNC2(CCCC2)C1. The van der Waals surface area contributed by atoms with Crippen molar-refractivity contribution in [2.24, 2.45) is 0 Å². The Bertz CT molecular complexity index is 418. The van der Waals surface area contributed by atoms with Gasteiger partial charge in [0.25, 0.3) is 0 Å². The predicted octanol–water partition coefficient (Wildman–Crippen LogP) is 2.86. The summed E-state index contributed by atoms with van der Waals surface area (Å²) in [6.45, 7) is 4.83. The van der Waals surface area contributed by atoms with Gasteiger partial charge in [0.2, 0.25) is 0 Å². The number of piperazine rings is 1. The molecule has 1 N–H and O–H groups in total. The van der Waals surface area contributed by atoms with Gasteiger partial charge in [0.1, 0.15) is 5.82 Å². The number of rotatable bonds is 1. The minimum atomic E-state index is -0.0787. The zero-order chi connectivity index (χ0) is 12.6. The highest BCUT2D eigenvalue weighted by atomic mass is 19.1. The molecule has 0 aromatic heterocycles. The van der Waals surface area contributed by atoms with Gasteiger partial charge in [-0.2, -0.15) is 0 Å². The first-order chi connectivity index (χ1) is 8.70. The van der Waals surface area contributed by atoms with E-state index in [1.54, 1.807) is 12.1 Å². The fraction of sp³-hybridized carbons (Fsp3) is 0.600. The Balaban J connectivity index is 1.88. The Hall–Kier alpha value is -1.09. The minimum Gasteiger partial charge on any atom is -0.366 e. The van der Waals surface area contributed by atoms with E-state index in [2.05, 4.69) is 10.2 Å². The molecular formula is C15H21FN2. The maximum absolute atomic E-state index is 14.0. The highest BCUT2D eigenvalue weighted by molar-refractivity contribution is 5.55. The molecule has 1 heterocycles. The summed E-state index contributed by atoms with van der Waals surface area (Å²) in [4.78, 5) is 2.24. The summed E-state index contributed by atoms with van der Waals surface area (Å²) in [5.74, 6) is -0.0787. The van der Waals surface area contributed by atoms with Crippen molar-refractivity contribution < 1.29 is 4.39 Å². The third kappa shape index (κ3) is 2.01. The molecule has 3 rings (SSSR count). The van der Waals surface area contributed by atoms with Gasteiger partial charge >= 0.3 is 0 Å². The summed E-state index contributed by atoms with van der Waals surface area (Å²) in [5.41, 5.74) is 2.10. The van der Waals surface area contributed by atoms with E-state index in [1.165, 1.54) is 25.7 Å². The summed E-state index contributed by atoms with van der Waals surface area (Å²) < 4.78 is 14.0. The molecule has 0 radical (unpaired) electrons. The molecule has 1 aliphatic heterocycles. The number of para-hydroxylation sites is 1. The Labute approximate surface area is 108 Å². The van der Waals surface area contributed by atoms with Gasteiger partial charge in [-0.3, -0.25) is 0 Å². The van der Waals surface area contributed by atoms with Crippen molar-refractivity contribution in [1.29, 1.82) is 0 Å². The summed E-state index contributed by atoms with van der Waals surface area (Å²) in [6.07, 6.45) is 5.07. The third-order valence-electron chi connectivity index (χ3n) is 4.44. The number of hydrogen-bond acceptors (Lipinski definition) is 2. The van der Waals surface area contributed by atoms with Gasteiger partial charge in [0.05, 0.1) is 5.69 Å². The van der Waals surface area contributed by atoms with Crippen molar-refractivity contribution in [3.05, 3.63) is 29.6 Å². The molecule has 18 heavy (non-hydrogen) atoms. The van der Waals surface area contributed by atoms with Gasteiger partial charge in [-0.1, -0.05) is 25.0 Å². The standard InChI is InChI=1S/C15H21FN2/c1-12-5-4-6-13(16)14(12)18-10-9-17-15(11-18)7-2-3-8-15/h4-6,17H,2-3,7-11H2,1H3. The quantitative estimate of drug-likeness (QED) is 0.822. The van der Waals surface area contributed by atoms with Crippen LogP contribution in [0.2, 0.25) is 0 Å². The first kappa shape index (κ1) is 12.0. The minimum absolute atomic E-state index is 0.0787. The first-order valence-electron chi connectivity index (χ1n) is 6.95. The normalized spacial score (nSPS) is 22.7.